The Balaban J connectivity index is 1.77. The van der Waals surface area contributed by atoms with Crippen LogP contribution in [0.5, 0.6) is 11.5 Å². The van der Waals surface area contributed by atoms with Crippen LogP contribution >= 0.6 is 0 Å². The third kappa shape index (κ3) is 2.94. The van der Waals surface area contributed by atoms with Gasteiger partial charge in [0.1, 0.15) is 21.1 Å². The SMILES string of the molecule is Bc1cc(/C=N/C2CCCCC2)cc2c1OCCO2. The average Bonchev–Trinajstić information content (AvgIpc) is 2.46. The summed E-state index contributed by atoms with van der Waals surface area (Å²) in [5.74, 6) is 1.75. The lowest BCUT2D eigenvalue weighted by Gasteiger charge is -2.21. The summed E-state index contributed by atoms with van der Waals surface area (Å²) in [5.41, 5.74) is 2.25. The molecule has 1 heterocycles. The highest BCUT2D eigenvalue weighted by Gasteiger charge is 2.15. The van der Waals surface area contributed by atoms with Crippen molar-refractivity contribution in [2.24, 2.45) is 4.99 Å². The highest BCUT2D eigenvalue weighted by Crippen LogP contribution is 2.28. The molecule has 3 rings (SSSR count). The minimum Gasteiger partial charge on any atom is -0.487 e. The first kappa shape index (κ1) is 12.6. The van der Waals surface area contributed by atoms with Crippen LogP contribution in [-0.2, 0) is 0 Å². The van der Waals surface area contributed by atoms with Crippen LogP contribution < -0.4 is 14.9 Å². The maximum Gasteiger partial charge on any atom is 0.161 e. The molecule has 4 heteroatoms. The maximum absolute atomic E-state index is 5.65. The fourth-order valence-corrected chi connectivity index (χ4v) is 2.85. The maximum atomic E-state index is 5.65. The second-order valence-electron chi connectivity index (χ2n) is 5.43. The van der Waals surface area contributed by atoms with Crippen LogP contribution in [0.2, 0.25) is 0 Å². The van der Waals surface area contributed by atoms with E-state index in [4.69, 9.17) is 14.5 Å². The van der Waals surface area contributed by atoms with Crippen molar-refractivity contribution in [3.63, 3.8) is 0 Å². The van der Waals surface area contributed by atoms with E-state index in [1.807, 2.05) is 12.3 Å². The molecule has 1 fully saturated rings. The first-order chi connectivity index (χ1) is 9.33. The minimum absolute atomic E-state index is 0.516. The van der Waals surface area contributed by atoms with Gasteiger partial charge in [0.2, 0.25) is 0 Å². The Morgan fingerprint density at radius 2 is 1.89 bits per heavy atom. The van der Waals surface area contributed by atoms with Crippen LogP contribution in [0.15, 0.2) is 17.1 Å². The predicted octanol–water partition coefficient (Wildman–Crippen LogP) is 1.47. The Kier molecular flexibility index (Phi) is 3.76. The summed E-state index contributed by atoms with van der Waals surface area (Å²) in [7, 11) is 2.06. The molecule has 0 amide bonds. The van der Waals surface area contributed by atoms with E-state index in [0.717, 1.165) is 22.5 Å². The van der Waals surface area contributed by atoms with Gasteiger partial charge in [0.05, 0.1) is 0 Å². The summed E-state index contributed by atoms with van der Waals surface area (Å²) in [5, 5.41) is 0. The van der Waals surface area contributed by atoms with Crippen LogP contribution in [0, 0.1) is 0 Å². The van der Waals surface area contributed by atoms with Gasteiger partial charge in [-0.2, -0.15) is 0 Å². The van der Waals surface area contributed by atoms with Gasteiger partial charge in [0.15, 0.2) is 11.5 Å². The first-order valence-corrected chi connectivity index (χ1v) is 7.26. The second kappa shape index (κ2) is 5.68. The molecule has 0 saturated heterocycles. The summed E-state index contributed by atoms with van der Waals surface area (Å²) in [6.45, 7) is 1.28. The van der Waals surface area contributed by atoms with Crippen LogP contribution in [-0.4, -0.2) is 33.3 Å². The van der Waals surface area contributed by atoms with Crippen molar-refractivity contribution < 1.29 is 9.47 Å². The lowest BCUT2D eigenvalue weighted by Crippen LogP contribution is -2.21. The molecule has 0 aromatic heterocycles. The van der Waals surface area contributed by atoms with E-state index in [1.165, 1.54) is 32.1 Å². The van der Waals surface area contributed by atoms with Gasteiger partial charge in [-0.1, -0.05) is 25.3 Å². The van der Waals surface area contributed by atoms with Gasteiger partial charge >= 0.3 is 0 Å². The Morgan fingerprint density at radius 3 is 2.74 bits per heavy atom. The molecule has 0 radical (unpaired) electrons. The lowest BCUT2D eigenvalue weighted by molar-refractivity contribution is 0.173. The standard InChI is InChI=1S/C15H20BNO2/c16-13-8-11(9-14-15(13)19-7-6-18-14)10-17-12-4-2-1-3-5-12/h8-10,12H,1-7,16H2/b17-10+. The van der Waals surface area contributed by atoms with E-state index in [-0.39, 0.29) is 0 Å². The molecule has 0 spiro atoms. The molecule has 3 nitrogen and oxygen atoms in total. The van der Waals surface area contributed by atoms with Crippen molar-refractivity contribution >= 4 is 19.5 Å². The van der Waals surface area contributed by atoms with Crippen molar-refractivity contribution in [2.75, 3.05) is 13.2 Å². The van der Waals surface area contributed by atoms with Crippen LogP contribution in [0.3, 0.4) is 0 Å². The Labute approximate surface area is 115 Å². The number of rotatable bonds is 2. The van der Waals surface area contributed by atoms with Crippen LogP contribution in [0.1, 0.15) is 37.7 Å². The Morgan fingerprint density at radius 1 is 1.11 bits per heavy atom. The molecule has 0 N–H and O–H groups in total. The number of benzene rings is 1. The molecule has 1 aliphatic heterocycles. The number of aliphatic imine (C=N–C) groups is 1. The lowest BCUT2D eigenvalue weighted by atomic mass is 9.92. The molecule has 2 aliphatic rings. The molecule has 1 aliphatic carbocycles. The van der Waals surface area contributed by atoms with E-state index >= 15 is 0 Å². The minimum atomic E-state index is 0.516. The molecule has 100 valence electrons. The second-order valence-corrected chi connectivity index (χ2v) is 5.43. The number of hydrogen-bond donors (Lipinski definition) is 0. The van der Waals surface area contributed by atoms with Gasteiger partial charge < -0.3 is 9.47 Å². The number of fused-ring (bicyclic) bond motifs is 1. The third-order valence-electron chi connectivity index (χ3n) is 3.86. The topological polar surface area (TPSA) is 30.8 Å². The molecule has 0 bridgehead atoms. The first-order valence-electron chi connectivity index (χ1n) is 7.26. The predicted molar refractivity (Wildman–Crippen MR) is 80.1 cm³/mol. The molecular weight excluding hydrogens is 237 g/mol. The molecule has 1 aromatic carbocycles. The summed E-state index contributed by atoms with van der Waals surface area (Å²) in [6.07, 6.45) is 8.49. The normalized spacial score (nSPS) is 19.8. The molecule has 19 heavy (non-hydrogen) atoms. The van der Waals surface area contributed by atoms with Crippen molar-refractivity contribution in [3.05, 3.63) is 17.7 Å². The largest absolute Gasteiger partial charge is 0.487 e. The van der Waals surface area contributed by atoms with Crippen LogP contribution in [0.4, 0.5) is 0 Å². The van der Waals surface area contributed by atoms with Gasteiger partial charge in [0.25, 0.3) is 0 Å². The summed E-state index contributed by atoms with van der Waals surface area (Å²) in [6, 6.07) is 4.68. The average molecular weight is 257 g/mol. The number of ether oxygens (including phenoxy) is 2. The summed E-state index contributed by atoms with van der Waals surface area (Å²) in [4.78, 5) is 4.72. The zero-order chi connectivity index (χ0) is 13.1. The smallest absolute Gasteiger partial charge is 0.161 e. The van der Waals surface area contributed by atoms with Gasteiger partial charge in [-0.25, -0.2) is 0 Å². The van der Waals surface area contributed by atoms with Gasteiger partial charge in [-0.3, -0.25) is 4.99 Å². The number of nitrogens with zero attached hydrogens (tertiary/aromatic N) is 1. The van der Waals surface area contributed by atoms with Crippen molar-refractivity contribution in [3.8, 4) is 11.5 Å². The van der Waals surface area contributed by atoms with E-state index in [1.54, 1.807) is 0 Å². The van der Waals surface area contributed by atoms with E-state index < -0.39 is 0 Å². The molecule has 0 atom stereocenters. The van der Waals surface area contributed by atoms with Crippen molar-refractivity contribution in [1.29, 1.82) is 0 Å². The highest BCUT2D eigenvalue weighted by molar-refractivity contribution is 6.35. The zero-order valence-corrected chi connectivity index (χ0v) is 11.5. The molecule has 0 unspecified atom stereocenters. The van der Waals surface area contributed by atoms with Gasteiger partial charge in [-0.15, -0.1) is 0 Å². The molecule has 1 saturated carbocycles. The van der Waals surface area contributed by atoms with Crippen molar-refractivity contribution in [2.45, 2.75) is 38.1 Å². The Hall–Kier alpha value is -1.45. The van der Waals surface area contributed by atoms with Gasteiger partial charge in [0, 0.05) is 12.3 Å². The third-order valence-corrected chi connectivity index (χ3v) is 3.86. The molecule has 1 aromatic rings. The van der Waals surface area contributed by atoms with E-state index in [9.17, 15) is 0 Å². The fraction of sp³-hybridized carbons (Fsp3) is 0.533. The summed E-state index contributed by atoms with van der Waals surface area (Å²) < 4.78 is 11.3. The fourth-order valence-electron chi connectivity index (χ4n) is 2.85. The number of hydrogen-bond acceptors (Lipinski definition) is 3. The van der Waals surface area contributed by atoms with Crippen LogP contribution in [0.25, 0.3) is 0 Å². The highest BCUT2D eigenvalue weighted by atomic mass is 16.6. The zero-order valence-electron chi connectivity index (χ0n) is 11.5. The van der Waals surface area contributed by atoms with E-state index in [0.29, 0.717) is 19.3 Å². The van der Waals surface area contributed by atoms with E-state index in [2.05, 4.69) is 13.9 Å². The van der Waals surface area contributed by atoms with Crippen molar-refractivity contribution in [1.82, 2.24) is 0 Å². The Bertz CT molecular complexity index is 481. The molecular formula is C15H20BNO2. The summed E-state index contributed by atoms with van der Waals surface area (Å²) >= 11 is 0. The van der Waals surface area contributed by atoms with Gasteiger partial charge in [-0.05, 0) is 29.9 Å². The monoisotopic (exact) mass is 257 g/mol. The quantitative estimate of drug-likeness (QED) is 0.593.